The number of nitrogens with zero attached hydrogens (tertiary/aromatic N) is 11. The maximum Gasteiger partial charge on any atom is 0.477 e. The summed E-state index contributed by atoms with van der Waals surface area (Å²) in [5.41, 5.74) is 9.67. The van der Waals surface area contributed by atoms with E-state index < -0.39 is 61.6 Å². The summed E-state index contributed by atoms with van der Waals surface area (Å²) in [6.07, 6.45) is 11.3. The zero-order valence-corrected chi connectivity index (χ0v) is 76.9. The summed E-state index contributed by atoms with van der Waals surface area (Å²) in [4.78, 5) is 188. The Kier molecular flexibility index (Phi) is 38.0. The monoisotopic (exact) mass is 1850 g/mol. The number of aryl methyl sites for hydroxylation is 1. The van der Waals surface area contributed by atoms with E-state index in [1.54, 1.807) is 90.0 Å². The number of methoxy groups -OCH3 is 4. The second kappa shape index (κ2) is 48.3. The average molecular weight is 1850 g/mol. The number of aromatic nitrogens is 3. The van der Waals surface area contributed by atoms with Crippen molar-refractivity contribution in [3.05, 3.63) is 162 Å². The van der Waals surface area contributed by atoms with E-state index >= 15 is 0 Å². The molecule has 132 heavy (non-hydrogen) atoms. The Morgan fingerprint density at radius 3 is 1.58 bits per heavy atom. The lowest BCUT2D eigenvalue weighted by atomic mass is 10.1. The number of piperidine rings is 3. The lowest BCUT2D eigenvalue weighted by molar-refractivity contribution is -0.142. The van der Waals surface area contributed by atoms with E-state index in [0.29, 0.717) is 111 Å². The highest BCUT2D eigenvalue weighted by atomic mass is 31.2. The van der Waals surface area contributed by atoms with Crippen molar-refractivity contribution in [3.8, 4) is 23.0 Å². The molecule has 7 fully saturated rings. The maximum absolute atomic E-state index is 13.3. The SMILES string of the molecule is C=C1CCCN(c2cc(C(=O)O)ccc2OC)C(=O)N1.C=C1CCN(c2ccc(OC3CCN(CCN)CC3)cc2)C(=O)N1.CCOC(=O)Cc1cncc(N2CCC(=O)CC2=O)c1.COC(=O)c1cncc(N2CCC(=O)CC2=O)c1.COc1ccc(C(=O)O)cc1N1CCC(=O)N(COP(=O)(OC(C)(C)C)OC(C)(C)C)C1=O.COc1ccc(C)nc1N1CCC(=O)NC1=O. The number of nitrogens with two attached hydrogens (primary N) is 1. The summed E-state index contributed by atoms with van der Waals surface area (Å²) < 4.78 is 60.9. The Balaban J connectivity index is 0.000000198. The molecule has 7 aliphatic rings. The number of esters is 2. The van der Waals surface area contributed by atoms with Gasteiger partial charge in [-0.25, -0.2) is 48.0 Å². The number of hydrogen-bond donors (Lipinski definition) is 6. The number of carbonyl (C=O) groups excluding carboxylic acids is 12. The second-order valence-electron chi connectivity index (χ2n) is 32.4. The summed E-state index contributed by atoms with van der Waals surface area (Å²) in [5, 5.41) is 26.1. The first-order valence-corrected chi connectivity index (χ1v) is 43.7. The van der Waals surface area contributed by atoms with Crippen molar-refractivity contribution < 1.29 is 124 Å². The molecule has 6 aromatic rings. The van der Waals surface area contributed by atoms with Gasteiger partial charge in [-0.2, -0.15) is 0 Å². The number of rotatable bonds is 24. The summed E-state index contributed by atoms with van der Waals surface area (Å²) >= 11 is 0. The van der Waals surface area contributed by atoms with E-state index in [1.807, 2.05) is 31.2 Å². The number of phosphoric acid groups is 1. The fourth-order valence-corrected chi connectivity index (χ4v) is 15.5. The number of carboxylic acid groups (broad SMARTS) is 2. The smallest absolute Gasteiger partial charge is 0.477 e. The van der Waals surface area contributed by atoms with Crippen molar-refractivity contribution in [3.63, 3.8) is 0 Å². The number of carbonyl (C=O) groups is 14. The van der Waals surface area contributed by atoms with E-state index in [9.17, 15) is 76.8 Å². The minimum Gasteiger partial charge on any atom is -0.495 e. The fraction of sp³-hybridized carbons (Fsp3) is 0.433. The van der Waals surface area contributed by atoms with Crippen LogP contribution in [0.25, 0.3) is 0 Å². The van der Waals surface area contributed by atoms with Gasteiger partial charge >= 0.3 is 55.8 Å². The molecule has 0 radical (unpaired) electrons. The van der Waals surface area contributed by atoms with Crippen LogP contribution < -0.4 is 70.0 Å². The Labute approximate surface area is 763 Å². The highest BCUT2D eigenvalue weighted by Gasteiger charge is 2.42. The number of nitrogens with one attached hydrogen (secondary N) is 3. The molecule has 3 aromatic heterocycles. The van der Waals surface area contributed by atoms with Gasteiger partial charge in [-0.3, -0.25) is 82.0 Å². The minimum atomic E-state index is -4.18. The van der Waals surface area contributed by atoms with E-state index in [1.165, 1.54) is 102 Å². The average Bonchev–Trinajstić information content (AvgIpc) is 0.795. The van der Waals surface area contributed by atoms with Crippen molar-refractivity contribution in [2.45, 2.75) is 150 Å². The molecule has 0 aliphatic carbocycles. The number of amides is 12. The van der Waals surface area contributed by atoms with Crippen LogP contribution in [0.3, 0.4) is 0 Å². The predicted octanol–water partition coefficient (Wildman–Crippen LogP) is 10.7. The quantitative estimate of drug-likeness (QED) is 0.0186. The molecule has 7 aliphatic heterocycles. The molecule has 0 saturated carbocycles. The molecule has 0 unspecified atom stereocenters. The number of carboxylic acids is 2. The van der Waals surface area contributed by atoms with Crippen molar-refractivity contribution in [1.29, 1.82) is 0 Å². The van der Waals surface area contributed by atoms with Gasteiger partial charge < -0.3 is 69.7 Å². The van der Waals surface area contributed by atoms with E-state index in [0.717, 1.165) is 73.0 Å². The third-order valence-corrected chi connectivity index (χ3v) is 22.1. The van der Waals surface area contributed by atoms with Crippen LogP contribution in [0.1, 0.15) is 161 Å². The molecule has 12 amide bonds. The topological polar surface area (TPSA) is 506 Å². The predicted molar refractivity (Wildman–Crippen MR) is 483 cm³/mol. The summed E-state index contributed by atoms with van der Waals surface area (Å²) in [6, 6.07) is 21.4. The number of pyridine rings is 3. The molecule has 7 N–H and O–H groups in total. The van der Waals surface area contributed by atoms with Crippen LogP contribution >= 0.6 is 7.82 Å². The number of hydrogen-bond acceptors (Lipinski definition) is 29. The molecule has 3 aromatic carbocycles. The van der Waals surface area contributed by atoms with Crippen molar-refractivity contribution in [1.82, 2.24) is 40.7 Å². The molecule has 10 heterocycles. The summed E-state index contributed by atoms with van der Waals surface area (Å²) in [7, 11) is 1.48. The Morgan fingerprint density at radius 1 is 0.545 bits per heavy atom. The number of ketones is 2. The summed E-state index contributed by atoms with van der Waals surface area (Å²) in [6.45, 7) is 26.7. The number of anilines is 6. The van der Waals surface area contributed by atoms with Gasteiger partial charge in [-0.1, -0.05) is 13.2 Å². The lowest BCUT2D eigenvalue weighted by Gasteiger charge is -2.36. The van der Waals surface area contributed by atoms with Crippen LogP contribution in [-0.4, -0.2) is 243 Å². The number of benzene rings is 3. The maximum atomic E-state index is 13.3. The zero-order chi connectivity index (χ0) is 96.9. The Hall–Kier alpha value is -13.6. The third kappa shape index (κ3) is 30.8. The van der Waals surface area contributed by atoms with Crippen LogP contribution in [0.4, 0.5) is 53.4 Å². The third-order valence-electron chi connectivity index (χ3n) is 20.1. The molecule has 0 bridgehead atoms. The van der Waals surface area contributed by atoms with Crippen molar-refractivity contribution >= 4 is 125 Å². The van der Waals surface area contributed by atoms with E-state index in [4.69, 9.17) is 48.1 Å². The number of imide groups is 2. The van der Waals surface area contributed by atoms with Gasteiger partial charge in [0.25, 0.3) is 0 Å². The van der Waals surface area contributed by atoms with E-state index in [-0.39, 0.29) is 120 Å². The molecule has 7 saturated heterocycles. The number of phosphoric ester groups is 1. The highest BCUT2D eigenvalue weighted by Crippen LogP contribution is 2.55. The number of urea groups is 4. The molecule has 13 rings (SSSR count). The Bertz CT molecular complexity index is 5260. The van der Waals surface area contributed by atoms with Gasteiger partial charge in [-0.15, -0.1) is 0 Å². The molecular formula is C90H114N15O26P. The van der Waals surface area contributed by atoms with Gasteiger partial charge in [0.15, 0.2) is 11.6 Å². The molecule has 0 atom stereocenters. The van der Waals surface area contributed by atoms with Gasteiger partial charge in [0.2, 0.25) is 23.6 Å². The molecule has 42 heteroatoms. The molecule has 41 nitrogen and oxygen atoms in total. The number of likely N-dealkylation sites (tertiary alicyclic amines) is 1. The molecular weight excluding hydrogens is 1740 g/mol. The first-order valence-electron chi connectivity index (χ1n) is 42.3. The van der Waals surface area contributed by atoms with Crippen LogP contribution in [0.15, 0.2) is 134 Å². The highest BCUT2D eigenvalue weighted by molar-refractivity contribution is 7.48. The van der Waals surface area contributed by atoms with Crippen LogP contribution in [0.5, 0.6) is 23.0 Å². The normalized spacial score (nSPS) is 16.4. The largest absolute Gasteiger partial charge is 0.495 e. The Morgan fingerprint density at radius 2 is 1.06 bits per heavy atom. The zero-order valence-electron chi connectivity index (χ0n) is 76.0. The molecule has 710 valence electrons. The van der Waals surface area contributed by atoms with Crippen molar-refractivity contribution in [2.75, 3.05) is 137 Å². The number of allylic oxidation sites excluding steroid dienone is 1. The number of aromatic carboxylic acids is 2. The summed E-state index contributed by atoms with van der Waals surface area (Å²) in [5.74, 6) is -1.96. The second-order valence-corrected chi connectivity index (χ2v) is 33.9. The molecule has 0 spiro atoms. The van der Waals surface area contributed by atoms with Gasteiger partial charge in [0, 0.05) is 133 Å². The van der Waals surface area contributed by atoms with Crippen LogP contribution in [0.2, 0.25) is 0 Å². The minimum absolute atomic E-state index is 0.00222. The van der Waals surface area contributed by atoms with Crippen LogP contribution in [-0.2, 0) is 67.6 Å². The number of Topliss-reactive ketones (excluding diaryl/α,β-unsaturated/α-hetero) is 2. The van der Waals surface area contributed by atoms with Crippen LogP contribution in [0, 0.1) is 6.92 Å². The number of ether oxygens (including phenoxy) is 6. The fourth-order valence-electron chi connectivity index (χ4n) is 13.8. The van der Waals surface area contributed by atoms with Gasteiger partial charge in [0.05, 0.1) is 117 Å². The lowest BCUT2D eigenvalue weighted by Crippen LogP contribution is -2.53. The first-order chi connectivity index (χ1) is 62.5. The van der Waals surface area contributed by atoms with Gasteiger partial charge in [-0.05, 0) is 172 Å². The van der Waals surface area contributed by atoms with Gasteiger partial charge in [0.1, 0.15) is 41.6 Å². The van der Waals surface area contributed by atoms with E-state index in [2.05, 4.69) is 53.7 Å². The first kappa shape index (κ1) is 104. The van der Waals surface area contributed by atoms with Crippen molar-refractivity contribution in [2.24, 2.45) is 5.73 Å². The standard InChI is InChI=1S/C21H31N2O9P.C18H26N4O2.2C14H16N2O4.C12H12N2O4.C11H13N3O3/c1-20(2,3)31-33(28,32-21(4,5)6)30-13-23-17(24)10-11-22(19(23)27)15-12-14(18(25)26)8-9-16(15)29-7;1-14-6-12-22(18(23)20-14)15-2-4-16(5-3-15)24-17-7-10-21(11-8-17)13-9-19;1-9-4-3-7-16(14(19)15-9)11-8-10(13(17)18)5-6-12(11)20-2;1-2-20-14(19)6-10-5-11(9-15-8-10)16-4-3-12(17)7-13(16)18;1-18-12(17)8-4-9(7-13-6-8)14-3-2-10(15)5-11(14)16;1-7-3-4-8(17-2)10(12-7)14-6-5-9(15)13-11(14)16/h8-9,12H,10-11,13H2,1-7H3,(H,25,26);2-5,17H,1,6-13,19H2,(H,20,23);5-6,8H,1,3-4,7H2,2H3,(H,15,19)(H,17,18);5,8-9H,2-4,6-7H2,1H3;4,6-7H,2-3,5H2,1H3;3-4H,5-6H2,1-2H3,(H,13,15,16).